The molecule has 1 saturated heterocycles. The van der Waals surface area contributed by atoms with Crippen LogP contribution in [0, 0.1) is 0 Å². The van der Waals surface area contributed by atoms with Gasteiger partial charge in [0.1, 0.15) is 5.57 Å². The Hall–Kier alpha value is -2.55. The number of barbiturate groups is 1. The highest BCUT2D eigenvalue weighted by Gasteiger charge is 2.38. The molecule has 0 atom stereocenters. The number of nitrogens with one attached hydrogen (secondary N) is 1. The summed E-state index contributed by atoms with van der Waals surface area (Å²) < 4.78 is 12.1. The van der Waals surface area contributed by atoms with Crippen molar-refractivity contribution < 1.29 is 23.9 Å². The third-order valence-corrected chi connectivity index (χ3v) is 5.67. The Morgan fingerprint density at radius 2 is 1.91 bits per heavy atom. The minimum atomic E-state index is -0.918. The summed E-state index contributed by atoms with van der Waals surface area (Å²) >= 11 is 15.7. The highest BCUT2D eigenvalue weighted by atomic mass is 79.9. The normalized spacial score (nSPS) is 15.4. The van der Waals surface area contributed by atoms with Gasteiger partial charge in [-0.25, -0.2) is 9.69 Å². The van der Waals surface area contributed by atoms with Crippen molar-refractivity contribution in [3.63, 3.8) is 0 Å². The van der Waals surface area contributed by atoms with Crippen LogP contribution in [0.4, 0.5) is 10.5 Å². The van der Waals surface area contributed by atoms with Crippen molar-refractivity contribution in [3.8, 4) is 11.5 Å². The summed E-state index contributed by atoms with van der Waals surface area (Å²) in [5.74, 6) is -0.714. The first-order valence-corrected chi connectivity index (χ1v) is 11.2. The molecule has 0 unspecified atom stereocenters. The molecule has 1 N–H and O–H groups in total. The molecular formula is C22H19BrCl2N2O5. The molecule has 0 bridgehead atoms. The summed E-state index contributed by atoms with van der Waals surface area (Å²) in [6.07, 6.45) is 1.27. The zero-order valence-corrected chi connectivity index (χ0v) is 20.5. The van der Waals surface area contributed by atoms with E-state index in [1.807, 2.05) is 20.8 Å². The highest BCUT2D eigenvalue weighted by Crippen LogP contribution is 2.39. The molecule has 32 heavy (non-hydrogen) atoms. The molecular weight excluding hydrogens is 523 g/mol. The number of rotatable bonds is 6. The smallest absolute Gasteiger partial charge is 0.336 e. The van der Waals surface area contributed by atoms with Gasteiger partial charge in [-0.15, -0.1) is 0 Å². The van der Waals surface area contributed by atoms with E-state index in [9.17, 15) is 14.4 Å². The zero-order valence-electron chi connectivity index (χ0n) is 17.4. The van der Waals surface area contributed by atoms with E-state index in [-0.39, 0.29) is 27.4 Å². The molecule has 4 amide bonds. The number of hydrogen-bond donors (Lipinski definition) is 1. The molecule has 1 heterocycles. The van der Waals surface area contributed by atoms with Crippen molar-refractivity contribution in [1.29, 1.82) is 0 Å². The van der Waals surface area contributed by atoms with Gasteiger partial charge in [-0.1, -0.05) is 29.3 Å². The Balaban J connectivity index is 2.07. The van der Waals surface area contributed by atoms with Gasteiger partial charge in [-0.3, -0.25) is 14.9 Å². The van der Waals surface area contributed by atoms with Gasteiger partial charge in [0.05, 0.1) is 32.9 Å². The van der Waals surface area contributed by atoms with Gasteiger partial charge in [0, 0.05) is 0 Å². The van der Waals surface area contributed by atoms with E-state index in [4.69, 9.17) is 32.7 Å². The molecule has 1 aliphatic rings. The number of benzene rings is 2. The number of urea groups is 1. The maximum Gasteiger partial charge on any atom is 0.336 e. The number of anilines is 1. The van der Waals surface area contributed by atoms with E-state index in [1.165, 1.54) is 18.2 Å². The molecule has 2 aromatic rings. The lowest BCUT2D eigenvalue weighted by molar-refractivity contribution is -0.122. The third-order valence-electron chi connectivity index (χ3n) is 4.27. The Morgan fingerprint density at radius 1 is 1.19 bits per heavy atom. The van der Waals surface area contributed by atoms with E-state index in [2.05, 4.69) is 21.2 Å². The molecule has 2 aromatic carbocycles. The Morgan fingerprint density at radius 3 is 2.56 bits per heavy atom. The summed E-state index contributed by atoms with van der Waals surface area (Å²) in [5.41, 5.74) is 0.297. The summed E-state index contributed by atoms with van der Waals surface area (Å²) in [5, 5.41) is 2.34. The molecule has 7 nitrogen and oxygen atoms in total. The lowest BCUT2D eigenvalue weighted by Crippen LogP contribution is -2.54. The second kappa shape index (κ2) is 9.94. The van der Waals surface area contributed by atoms with E-state index >= 15 is 0 Å². The first-order chi connectivity index (χ1) is 15.1. The molecule has 0 aromatic heterocycles. The number of carbonyl (C=O) groups is 3. The van der Waals surface area contributed by atoms with Crippen LogP contribution < -0.4 is 19.7 Å². The zero-order chi connectivity index (χ0) is 23.6. The van der Waals surface area contributed by atoms with Gasteiger partial charge in [-0.05, 0) is 72.6 Å². The molecule has 1 fully saturated rings. The maximum absolute atomic E-state index is 13.1. The van der Waals surface area contributed by atoms with E-state index in [0.717, 1.165) is 4.90 Å². The van der Waals surface area contributed by atoms with Gasteiger partial charge >= 0.3 is 6.03 Å². The molecule has 10 heteroatoms. The fraction of sp³-hybridized carbons (Fsp3) is 0.227. The SMILES string of the molecule is CCOc1cc(/C=C2\C(=O)NC(=O)N(c3cccc(Cl)c3Cl)C2=O)cc(Br)c1OC(C)C. The first-order valence-electron chi connectivity index (χ1n) is 9.62. The molecule has 0 saturated carbocycles. The first kappa shape index (κ1) is 24.1. The largest absolute Gasteiger partial charge is 0.490 e. The second-order valence-corrected chi connectivity index (χ2v) is 8.60. The summed E-state index contributed by atoms with van der Waals surface area (Å²) in [6.45, 7) is 5.98. The molecule has 3 rings (SSSR count). The third kappa shape index (κ3) is 4.92. The van der Waals surface area contributed by atoms with Crippen molar-refractivity contribution in [2.75, 3.05) is 11.5 Å². The molecule has 0 radical (unpaired) electrons. The average molecular weight is 542 g/mol. The molecule has 1 aliphatic heterocycles. The van der Waals surface area contributed by atoms with E-state index in [1.54, 1.807) is 18.2 Å². The maximum atomic E-state index is 13.1. The van der Waals surface area contributed by atoms with Crippen LogP contribution in [0.3, 0.4) is 0 Å². The highest BCUT2D eigenvalue weighted by molar-refractivity contribution is 9.10. The van der Waals surface area contributed by atoms with Crippen LogP contribution >= 0.6 is 39.1 Å². The van der Waals surface area contributed by atoms with Crippen molar-refractivity contribution in [2.24, 2.45) is 0 Å². The average Bonchev–Trinajstić information content (AvgIpc) is 2.71. The number of halogens is 3. The molecule has 168 valence electrons. The van der Waals surface area contributed by atoms with Crippen molar-refractivity contribution in [2.45, 2.75) is 26.9 Å². The van der Waals surface area contributed by atoms with E-state index < -0.39 is 17.8 Å². The lowest BCUT2D eigenvalue weighted by Gasteiger charge is -2.27. The van der Waals surface area contributed by atoms with Gasteiger partial charge in [-0.2, -0.15) is 0 Å². The van der Waals surface area contributed by atoms with Crippen molar-refractivity contribution in [3.05, 3.63) is 56.0 Å². The van der Waals surface area contributed by atoms with Crippen LogP contribution in [0.5, 0.6) is 11.5 Å². The summed E-state index contributed by atoms with van der Waals surface area (Å²) in [6, 6.07) is 6.94. The van der Waals surface area contributed by atoms with Crippen LogP contribution in [-0.4, -0.2) is 30.6 Å². The number of nitrogens with zero attached hydrogens (tertiary/aromatic N) is 1. The fourth-order valence-electron chi connectivity index (χ4n) is 2.99. The minimum absolute atomic E-state index is 0.0166. The van der Waals surface area contributed by atoms with Crippen LogP contribution in [0.2, 0.25) is 10.0 Å². The predicted molar refractivity (Wildman–Crippen MR) is 127 cm³/mol. The minimum Gasteiger partial charge on any atom is -0.490 e. The number of ether oxygens (including phenoxy) is 2. The van der Waals surface area contributed by atoms with E-state index in [0.29, 0.717) is 28.1 Å². The van der Waals surface area contributed by atoms with Gasteiger partial charge < -0.3 is 9.47 Å². The van der Waals surface area contributed by atoms with Crippen LogP contribution in [0.1, 0.15) is 26.3 Å². The Labute approximate surface area is 203 Å². The number of imide groups is 2. The van der Waals surface area contributed by atoms with Gasteiger partial charge in [0.25, 0.3) is 11.8 Å². The fourth-order valence-corrected chi connectivity index (χ4v) is 3.93. The van der Waals surface area contributed by atoms with Gasteiger partial charge in [0.15, 0.2) is 11.5 Å². The standard InChI is InChI=1S/C22H19BrCl2N2O5/c1-4-31-17-10-12(9-14(23)19(17)32-11(2)3)8-13-20(28)26-22(30)27(21(13)29)16-7-5-6-15(24)18(16)25/h5-11H,4H2,1-3H3,(H,26,28,30)/b13-8+. The quantitative estimate of drug-likeness (QED) is 0.379. The number of carbonyl (C=O) groups excluding carboxylic acids is 3. The molecule has 0 spiro atoms. The summed E-state index contributed by atoms with van der Waals surface area (Å²) in [4.78, 5) is 38.8. The monoisotopic (exact) mass is 540 g/mol. The summed E-state index contributed by atoms with van der Waals surface area (Å²) in [7, 11) is 0. The van der Waals surface area contributed by atoms with Crippen LogP contribution in [-0.2, 0) is 9.59 Å². The Bertz CT molecular complexity index is 1130. The van der Waals surface area contributed by atoms with Crippen LogP contribution in [0.15, 0.2) is 40.4 Å². The van der Waals surface area contributed by atoms with Crippen molar-refractivity contribution in [1.82, 2.24) is 5.32 Å². The van der Waals surface area contributed by atoms with Crippen LogP contribution in [0.25, 0.3) is 6.08 Å². The second-order valence-electron chi connectivity index (χ2n) is 6.96. The van der Waals surface area contributed by atoms with Crippen molar-refractivity contribution >= 4 is 68.7 Å². The topological polar surface area (TPSA) is 84.9 Å². The van der Waals surface area contributed by atoms with Gasteiger partial charge in [0.2, 0.25) is 0 Å². The number of hydrogen-bond acceptors (Lipinski definition) is 5. The predicted octanol–water partition coefficient (Wildman–Crippen LogP) is 5.61. The lowest BCUT2D eigenvalue weighted by atomic mass is 10.1. The molecule has 0 aliphatic carbocycles. The Kier molecular flexibility index (Phi) is 7.48. The number of amides is 4.